The lowest BCUT2D eigenvalue weighted by Crippen LogP contribution is -2.68. The summed E-state index contributed by atoms with van der Waals surface area (Å²) >= 11 is 0. The molecule has 11 N–H and O–H groups in total. The summed E-state index contributed by atoms with van der Waals surface area (Å²) in [6, 6.07) is -1.39. The largest absolute Gasteiger partial charge is 0.394 e. The van der Waals surface area contributed by atoms with E-state index in [1.165, 1.54) is 0 Å². The number of hydrogen-bond donors (Lipinski definition) is 11. The Balaban J connectivity index is 1.76. The van der Waals surface area contributed by atoms with Gasteiger partial charge in [0.05, 0.1) is 19.8 Å². The van der Waals surface area contributed by atoms with Crippen LogP contribution < -0.4 is 5.32 Å². The molecule has 37 heavy (non-hydrogen) atoms. The van der Waals surface area contributed by atoms with Gasteiger partial charge in [-0.1, -0.05) is 0 Å². The van der Waals surface area contributed by atoms with Gasteiger partial charge in [-0.3, -0.25) is 4.79 Å². The summed E-state index contributed by atoms with van der Waals surface area (Å²) < 4.78 is 26.9. The quantitative estimate of drug-likeness (QED) is 0.135. The van der Waals surface area contributed by atoms with Gasteiger partial charge in [-0.05, 0) is 0 Å². The molecule has 0 saturated carbocycles. The number of carbonyl (C=O) groups excluding carboxylic acids is 1. The maximum Gasteiger partial charge on any atom is 0.217 e. The molecule has 0 unspecified atom stereocenters. The molecule has 15 atom stereocenters. The van der Waals surface area contributed by atoms with E-state index in [1.54, 1.807) is 0 Å². The molecule has 0 aliphatic carbocycles. The highest BCUT2D eigenvalue weighted by Crippen LogP contribution is 2.32. The van der Waals surface area contributed by atoms with Crippen LogP contribution in [0.25, 0.3) is 0 Å². The Morgan fingerprint density at radius 3 is 1.68 bits per heavy atom. The second-order valence-electron chi connectivity index (χ2n) is 9.07. The van der Waals surface area contributed by atoms with E-state index in [9.17, 15) is 55.9 Å². The molecule has 0 aromatic rings. The van der Waals surface area contributed by atoms with Crippen molar-refractivity contribution in [3.63, 3.8) is 0 Å². The summed E-state index contributed by atoms with van der Waals surface area (Å²) in [4.78, 5) is 11.6. The predicted octanol–water partition coefficient (Wildman–Crippen LogP) is -7.43. The number of hydrogen-bond acceptors (Lipinski definition) is 16. The van der Waals surface area contributed by atoms with Gasteiger partial charge in [0.25, 0.3) is 0 Å². The minimum absolute atomic E-state index is 0.637. The Bertz CT molecular complexity index is 743. The van der Waals surface area contributed by atoms with Crippen molar-refractivity contribution in [2.24, 2.45) is 0 Å². The minimum atomic E-state index is -1.93. The fraction of sp³-hybridized carbons (Fsp3) is 0.950. The van der Waals surface area contributed by atoms with Crippen LogP contribution in [-0.4, -0.2) is 169 Å². The number of aliphatic hydroxyl groups excluding tert-OH is 10. The van der Waals surface area contributed by atoms with Crippen LogP contribution in [0.3, 0.4) is 0 Å². The van der Waals surface area contributed by atoms with Crippen molar-refractivity contribution in [1.82, 2.24) is 5.32 Å². The van der Waals surface area contributed by atoms with E-state index in [4.69, 9.17) is 23.7 Å². The van der Waals surface area contributed by atoms with Gasteiger partial charge in [-0.2, -0.15) is 0 Å². The molecule has 17 nitrogen and oxygen atoms in total. The van der Waals surface area contributed by atoms with E-state index in [0.29, 0.717) is 0 Å². The molecular weight excluding hydrogens is 510 g/mol. The standard InChI is InChI=1S/C20H35NO16/c1-5(25)21-9-17(11(27)7(3-23)33-18(9)32)37-20-15(31)13(29)16(8(4-24)35-20)36-19-14(30)12(28)10(26)6(2-22)34-19/h6-20,22-24,26-32H,2-4H2,1H3,(H,21,25)/t6-,7-,8-,9-,10-,11+,12+,13-,14-,15-,16+,17-,18+,19-,20+/m1/s1. The second-order valence-corrected chi connectivity index (χ2v) is 9.07. The molecule has 0 radical (unpaired) electrons. The average Bonchev–Trinajstić information content (AvgIpc) is 2.87. The van der Waals surface area contributed by atoms with Gasteiger partial charge in [0.15, 0.2) is 18.9 Å². The van der Waals surface area contributed by atoms with Gasteiger partial charge < -0.3 is 80.1 Å². The number of carbonyl (C=O) groups is 1. The topological polar surface area (TPSA) is 278 Å². The molecule has 1 amide bonds. The number of ether oxygens (including phenoxy) is 5. The summed E-state index contributed by atoms with van der Waals surface area (Å²) in [5.41, 5.74) is 0. The van der Waals surface area contributed by atoms with Gasteiger partial charge in [-0.15, -0.1) is 0 Å². The third-order valence-corrected chi connectivity index (χ3v) is 6.49. The summed E-state index contributed by atoms with van der Waals surface area (Å²) in [6.07, 6.45) is -23.3. The Morgan fingerprint density at radius 2 is 1.14 bits per heavy atom. The van der Waals surface area contributed by atoms with E-state index in [2.05, 4.69) is 5.32 Å². The minimum Gasteiger partial charge on any atom is -0.394 e. The molecule has 0 aromatic heterocycles. The first-order valence-electron chi connectivity index (χ1n) is 11.6. The predicted molar refractivity (Wildman–Crippen MR) is 113 cm³/mol. The molecule has 3 fully saturated rings. The van der Waals surface area contributed by atoms with Crippen LogP contribution in [0.4, 0.5) is 0 Å². The highest BCUT2D eigenvalue weighted by Gasteiger charge is 2.53. The van der Waals surface area contributed by atoms with Crippen LogP contribution in [-0.2, 0) is 28.5 Å². The van der Waals surface area contributed by atoms with Gasteiger partial charge in [-0.25, -0.2) is 0 Å². The lowest BCUT2D eigenvalue weighted by Gasteiger charge is -2.48. The zero-order valence-corrected chi connectivity index (χ0v) is 19.7. The van der Waals surface area contributed by atoms with E-state index >= 15 is 0 Å². The van der Waals surface area contributed by atoms with Crippen LogP contribution in [0.5, 0.6) is 0 Å². The van der Waals surface area contributed by atoms with Crippen molar-refractivity contribution < 1.29 is 79.5 Å². The van der Waals surface area contributed by atoms with Crippen molar-refractivity contribution in [2.45, 2.75) is 99.0 Å². The maximum absolute atomic E-state index is 11.6. The number of aliphatic hydroxyl groups is 10. The van der Waals surface area contributed by atoms with Crippen molar-refractivity contribution in [2.75, 3.05) is 19.8 Å². The Morgan fingerprint density at radius 1 is 0.649 bits per heavy atom. The van der Waals surface area contributed by atoms with Crippen molar-refractivity contribution in [3.05, 3.63) is 0 Å². The number of amides is 1. The number of rotatable bonds is 8. The van der Waals surface area contributed by atoms with Gasteiger partial charge >= 0.3 is 0 Å². The first kappa shape index (κ1) is 30.4. The highest BCUT2D eigenvalue weighted by molar-refractivity contribution is 5.73. The molecule has 0 aromatic carbocycles. The van der Waals surface area contributed by atoms with Gasteiger partial charge in [0.2, 0.25) is 5.91 Å². The molecule has 3 rings (SSSR count). The third-order valence-electron chi connectivity index (χ3n) is 6.49. The Hall–Kier alpha value is -1.13. The third kappa shape index (κ3) is 6.38. The van der Waals surface area contributed by atoms with Gasteiger partial charge in [0, 0.05) is 6.92 Å². The molecule has 3 aliphatic heterocycles. The Labute approximate surface area is 210 Å². The molecule has 3 saturated heterocycles. The summed E-state index contributed by atoms with van der Waals surface area (Å²) in [5.74, 6) is -0.637. The van der Waals surface area contributed by atoms with Crippen LogP contribution in [0.1, 0.15) is 6.92 Å². The summed E-state index contributed by atoms with van der Waals surface area (Å²) in [6.45, 7) is -1.21. The summed E-state index contributed by atoms with van der Waals surface area (Å²) in [7, 11) is 0. The molecule has 0 bridgehead atoms. The first-order valence-corrected chi connectivity index (χ1v) is 11.6. The SMILES string of the molecule is CC(=O)N[C@@H]1[C@@H](O[C@@H]2O[C@H](CO)[C@H](O[C@H]3O[C@H](CO)[C@@H](O)[C@H](O)[C@H]3O)[C@H](O)[C@H]2O)[C@@H](O)[C@@H](CO)O[C@@H]1O. The average molecular weight is 545 g/mol. The zero-order valence-electron chi connectivity index (χ0n) is 19.7. The highest BCUT2D eigenvalue weighted by atomic mass is 16.7. The van der Waals surface area contributed by atoms with Crippen LogP contribution in [0.15, 0.2) is 0 Å². The lowest BCUT2D eigenvalue weighted by atomic mass is 9.95. The van der Waals surface area contributed by atoms with E-state index < -0.39 is 118 Å². The monoisotopic (exact) mass is 545 g/mol. The Kier molecular flexibility index (Phi) is 10.5. The second kappa shape index (κ2) is 12.8. The molecule has 3 aliphatic rings. The maximum atomic E-state index is 11.6. The van der Waals surface area contributed by atoms with Crippen molar-refractivity contribution in [1.29, 1.82) is 0 Å². The molecule has 3 heterocycles. The lowest BCUT2D eigenvalue weighted by molar-refractivity contribution is -0.372. The van der Waals surface area contributed by atoms with Crippen molar-refractivity contribution in [3.8, 4) is 0 Å². The van der Waals surface area contributed by atoms with Crippen LogP contribution >= 0.6 is 0 Å². The van der Waals surface area contributed by atoms with E-state index in [0.717, 1.165) is 6.92 Å². The molecule has 17 heteroatoms. The summed E-state index contributed by atoms with van der Waals surface area (Å²) in [5, 5.41) is 103. The molecule has 0 spiro atoms. The zero-order chi connectivity index (χ0) is 27.6. The van der Waals surface area contributed by atoms with Crippen LogP contribution in [0, 0.1) is 0 Å². The van der Waals surface area contributed by atoms with Crippen LogP contribution in [0.2, 0.25) is 0 Å². The fourth-order valence-corrected chi connectivity index (χ4v) is 4.46. The smallest absolute Gasteiger partial charge is 0.217 e. The first-order chi connectivity index (χ1) is 17.4. The normalized spacial score (nSPS) is 49.0. The molecular formula is C20H35NO16. The van der Waals surface area contributed by atoms with E-state index in [-0.39, 0.29) is 0 Å². The fourth-order valence-electron chi connectivity index (χ4n) is 4.46. The number of nitrogens with one attached hydrogen (secondary N) is 1. The van der Waals surface area contributed by atoms with E-state index in [1.807, 2.05) is 0 Å². The van der Waals surface area contributed by atoms with Gasteiger partial charge in [0.1, 0.15) is 73.2 Å². The molecule has 216 valence electrons. The van der Waals surface area contributed by atoms with Crippen molar-refractivity contribution >= 4 is 5.91 Å².